The number of nitrogens with one attached hydrogen (secondary N) is 10. The molecule has 1 aliphatic rings. The van der Waals surface area contributed by atoms with Gasteiger partial charge in [0.2, 0.25) is 65.0 Å². The topological polar surface area (TPSA) is 491 Å². The van der Waals surface area contributed by atoms with Crippen LogP contribution in [0.3, 0.4) is 0 Å². The van der Waals surface area contributed by atoms with Crippen LogP contribution in [0.15, 0.2) is 35.3 Å². The van der Waals surface area contributed by atoms with Crippen LogP contribution in [0, 0.1) is 23.7 Å². The van der Waals surface area contributed by atoms with Crippen LogP contribution in [-0.4, -0.2) is 179 Å². The predicted octanol–water partition coefficient (Wildman–Crippen LogP) is -4.14. The maximum Gasteiger partial charge on any atom is 0.329 e. The van der Waals surface area contributed by atoms with Gasteiger partial charge in [0.1, 0.15) is 66.5 Å². The number of ether oxygens (including phenoxy) is 1. The third-order valence-electron chi connectivity index (χ3n) is 15.4. The van der Waals surface area contributed by atoms with Crippen molar-refractivity contribution in [2.24, 2.45) is 51.6 Å². The van der Waals surface area contributed by atoms with Crippen LogP contribution in [0.1, 0.15) is 126 Å². The number of guanidine groups is 1. The van der Waals surface area contributed by atoms with Gasteiger partial charge in [0.15, 0.2) is 5.96 Å². The minimum Gasteiger partial charge on any atom is -0.458 e. The van der Waals surface area contributed by atoms with Crippen molar-refractivity contribution in [3.8, 4) is 0 Å². The molecule has 1 fully saturated rings. The van der Waals surface area contributed by atoms with E-state index in [1.54, 1.807) is 85.7 Å². The summed E-state index contributed by atoms with van der Waals surface area (Å²) in [5, 5.41) is 46.0. The molecule has 0 aromatic heterocycles. The van der Waals surface area contributed by atoms with Gasteiger partial charge in [-0.25, -0.2) is 4.79 Å². The Kier molecular flexibility index (Phi) is 32.4. The van der Waals surface area contributed by atoms with Gasteiger partial charge in [-0.15, -0.1) is 0 Å². The molecule has 0 spiro atoms. The molecule has 30 nitrogen and oxygen atoms in total. The molecular weight excluding hydrogens is 1130 g/mol. The van der Waals surface area contributed by atoms with Crippen LogP contribution >= 0.6 is 0 Å². The number of hydrogen-bond acceptors (Lipinski definition) is 17. The van der Waals surface area contributed by atoms with Crippen molar-refractivity contribution in [2.45, 2.75) is 200 Å². The summed E-state index contributed by atoms with van der Waals surface area (Å²) in [6, 6.07) is -7.00. The van der Waals surface area contributed by atoms with Gasteiger partial charge in [-0.3, -0.25) is 57.7 Å². The van der Waals surface area contributed by atoms with Crippen molar-refractivity contribution in [2.75, 3.05) is 19.8 Å². The van der Waals surface area contributed by atoms with E-state index in [1.807, 2.05) is 0 Å². The quantitative estimate of drug-likeness (QED) is 0.0138. The second kappa shape index (κ2) is 37.5. The molecule has 1 aromatic rings. The Morgan fingerprint density at radius 1 is 0.609 bits per heavy atom. The van der Waals surface area contributed by atoms with E-state index in [0.29, 0.717) is 12.8 Å². The summed E-state index contributed by atoms with van der Waals surface area (Å²) in [6.45, 7) is 14.1. The van der Waals surface area contributed by atoms with E-state index < -0.39 is 193 Å². The number of hydrogen-bond donors (Lipinski definition) is 16. The van der Waals surface area contributed by atoms with Gasteiger partial charge in [0.05, 0.1) is 19.3 Å². The van der Waals surface area contributed by atoms with Crippen LogP contribution < -0.4 is 76.1 Å². The summed E-state index contributed by atoms with van der Waals surface area (Å²) >= 11 is 0. The smallest absolute Gasteiger partial charge is 0.329 e. The number of nitrogens with two attached hydrogens (primary N) is 4. The summed E-state index contributed by atoms with van der Waals surface area (Å²) in [5.74, 6) is -13.7. The van der Waals surface area contributed by atoms with E-state index in [-0.39, 0.29) is 44.6 Å². The number of benzene rings is 1. The highest BCUT2D eigenvalue weighted by atomic mass is 16.5. The molecule has 0 unspecified atom stereocenters. The number of aliphatic imine (C=N–C) groups is 1. The zero-order valence-electron chi connectivity index (χ0n) is 51.6. The Labute approximate surface area is 507 Å². The lowest BCUT2D eigenvalue weighted by atomic mass is 9.94. The fourth-order valence-electron chi connectivity index (χ4n) is 8.90. The third-order valence-corrected chi connectivity index (χ3v) is 15.4. The summed E-state index contributed by atoms with van der Waals surface area (Å²) in [4.78, 5) is 169. The molecule has 488 valence electrons. The zero-order chi connectivity index (χ0) is 65.8. The van der Waals surface area contributed by atoms with Crippen molar-refractivity contribution in [1.29, 1.82) is 0 Å². The van der Waals surface area contributed by atoms with Crippen LogP contribution in [0.25, 0.3) is 0 Å². The number of primary amides is 1. The predicted molar refractivity (Wildman–Crippen MR) is 319 cm³/mol. The normalized spacial score (nSPS) is 21.1. The molecule has 1 aromatic carbocycles. The van der Waals surface area contributed by atoms with Gasteiger partial charge < -0.3 is 91.1 Å². The van der Waals surface area contributed by atoms with Gasteiger partial charge in [-0.05, 0) is 68.8 Å². The number of esters is 1. The Morgan fingerprint density at radius 3 is 1.59 bits per heavy atom. The molecule has 1 saturated heterocycles. The van der Waals surface area contributed by atoms with Gasteiger partial charge in [0.25, 0.3) is 0 Å². The molecule has 11 amide bonds. The van der Waals surface area contributed by atoms with Gasteiger partial charge >= 0.3 is 5.97 Å². The van der Waals surface area contributed by atoms with Crippen molar-refractivity contribution in [3.63, 3.8) is 0 Å². The van der Waals surface area contributed by atoms with Crippen molar-refractivity contribution < 1.29 is 72.5 Å². The first kappa shape index (κ1) is 75.1. The van der Waals surface area contributed by atoms with Crippen LogP contribution in [0.4, 0.5) is 0 Å². The molecule has 0 radical (unpaired) electrons. The lowest BCUT2D eigenvalue weighted by Crippen LogP contribution is -2.63. The largest absolute Gasteiger partial charge is 0.458 e. The van der Waals surface area contributed by atoms with Gasteiger partial charge in [-0.2, -0.15) is 0 Å². The molecule has 20 N–H and O–H groups in total. The summed E-state index contributed by atoms with van der Waals surface area (Å²) in [5.41, 5.74) is 23.2. The number of aliphatic hydroxyl groups excluding tert-OH is 2. The second-order valence-electron chi connectivity index (χ2n) is 22.2. The summed E-state index contributed by atoms with van der Waals surface area (Å²) in [7, 11) is 0. The van der Waals surface area contributed by atoms with E-state index in [0.717, 1.165) is 5.56 Å². The van der Waals surface area contributed by atoms with E-state index >= 15 is 0 Å². The summed E-state index contributed by atoms with van der Waals surface area (Å²) in [6.07, 6.45) is -0.693. The number of cyclic esters (lactones) is 1. The Balaban J connectivity index is 2.40. The second-order valence-corrected chi connectivity index (χ2v) is 22.2. The molecular formula is C57H95N15O15. The first-order valence-corrected chi connectivity index (χ1v) is 29.6. The van der Waals surface area contributed by atoms with Crippen molar-refractivity contribution in [1.82, 2.24) is 53.2 Å². The van der Waals surface area contributed by atoms with Gasteiger partial charge in [0, 0.05) is 13.0 Å². The molecule has 0 bridgehead atoms. The first-order valence-electron chi connectivity index (χ1n) is 29.6. The molecule has 2 rings (SSSR count). The number of carbonyl (C=O) groups excluding carboxylic acids is 12. The van der Waals surface area contributed by atoms with E-state index in [1.165, 1.54) is 13.8 Å². The average Bonchev–Trinajstić information content (AvgIpc) is 3.13. The van der Waals surface area contributed by atoms with E-state index in [2.05, 4.69) is 58.2 Å². The highest BCUT2D eigenvalue weighted by molar-refractivity contribution is 5.99. The molecule has 30 heteroatoms. The Bertz CT molecular complexity index is 2540. The van der Waals surface area contributed by atoms with Crippen LogP contribution in [-0.2, 0) is 68.7 Å². The van der Waals surface area contributed by atoms with Crippen LogP contribution in [0.5, 0.6) is 0 Å². The number of aliphatic hydroxyl groups is 2. The Morgan fingerprint density at radius 2 is 1.09 bits per heavy atom. The number of rotatable bonds is 33. The van der Waals surface area contributed by atoms with E-state index in [9.17, 15) is 67.7 Å². The number of nitrogens with zero attached hydrogens (tertiary/aromatic N) is 1. The lowest BCUT2D eigenvalue weighted by Gasteiger charge is -2.31. The van der Waals surface area contributed by atoms with Crippen molar-refractivity contribution >= 4 is 76.9 Å². The SMILES string of the molecule is CC[C@H](C)[C@H](NC(=O)[C@@H](N)Cc1ccccc1)C(=O)N[C@@H](CO)C(=O)N[C@H](CCC(N)=O)C(=O)N[C@@H](C(=O)N[C@H](C(=O)N[C@@H](CO)C(=O)N[C@H]1C(=O)N[C@@H](C)C(=O)N[C@@H](CCCN=C(N)N)C(=O)N[C@@H]([C@@H](C)CC)C(=O)O[C@H]1C)[C@@H](C)CC)[C@@H](C)CC. The molecule has 0 saturated carbocycles. The molecule has 0 aliphatic carbocycles. The average molecular weight is 1230 g/mol. The molecule has 1 heterocycles. The van der Waals surface area contributed by atoms with E-state index in [4.69, 9.17) is 27.7 Å². The maximum atomic E-state index is 14.4. The van der Waals surface area contributed by atoms with Crippen LogP contribution in [0.2, 0.25) is 0 Å². The third kappa shape index (κ3) is 24.4. The summed E-state index contributed by atoms with van der Waals surface area (Å²) < 4.78 is 5.70. The highest BCUT2D eigenvalue weighted by Gasteiger charge is 2.41. The molecule has 87 heavy (non-hydrogen) atoms. The molecule has 16 atom stereocenters. The lowest BCUT2D eigenvalue weighted by molar-refractivity contribution is -0.157. The maximum absolute atomic E-state index is 14.4. The monoisotopic (exact) mass is 1230 g/mol. The Hall–Kier alpha value is -7.99. The number of carbonyl (C=O) groups is 12. The minimum absolute atomic E-state index is 0.0228. The fraction of sp³-hybridized carbons (Fsp3) is 0.667. The number of amides is 11. The highest BCUT2D eigenvalue weighted by Crippen LogP contribution is 2.17. The zero-order valence-corrected chi connectivity index (χ0v) is 51.6. The molecule has 1 aliphatic heterocycles. The van der Waals surface area contributed by atoms with Crippen molar-refractivity contribution in [3.05, 3.63) is 35.9 Å². The fourth-order valence-corrected chi connectivity index (χ4v) is 8.90. The first-order chi connectivity index (χ1) is 41.0. The van der Waals surface area contributed by atoms with Gasteiger partial charge in [-0.1, -0.05) is 111 Å². The minimum atomic E-state index is -1.83. The standard InChI is InChI=1S/C57H95N15O15/c1-11-28(5)41(68-47(77)35(58)25-34-19-16-15-17-20-34)52(82)66-38(26-73)50(80)65-37(22-23-40(59)75)49(79)69-43(30(7)13-3)54(84)70-42(29(6)12-2)53(83)67-39(27-74)51(81)72-45-33(10)87-56(86)44(31(8)14-4)71-48(78)36(21-18-24-62-57(60)61)64-46(76)32(9)63-55(45)85/h15-17,19-20,28-33,35-39,41-45,73-74H,11-14,18,21-27,58H2,1-10H3,(H2,59,75)(H,63,85)(H,64,76)(H,65,80)(H,66,82)(H,67,83)(H,68,77)(H,69,79)(H,70,84)(H,71,78)(H,72,81)(H4,60,61,62)/t28-,29-,30-,31-,32-,33-,35-,36-,37+,38-,39-,41-,42-,43+,44-,45+/m0/s1.